The van der Waals surface area contributed by atoms with Gasteiger partial charge in [-0.05, 0) is 65.2 Å². The van der Waals surface area contributed by atoms with Crippen LogP contribution in [0.4, 0.5) is 27.8 Å². The number of anilines is 4. The normalized spacial score (nSPS) is 19.5. The molecule has 1 spiro atoms. The second-order valence-electron chi connectivity index (χ2n) is 20.5. The van der Waals surface area contributed by atoms with Crippen LogP contribution < -0.4 is 37.5 Å². The maximum atomic E-state index is 13.4. The van der Waals surface area contributed by atoms with Crippen molar-refractivity contribution in [3.8, 4) is 0 Å². The molecule has 77 heavy (non-hydrogen) atoms. The van der Waals surface area contributed by atoms with Crippen LogP contribution in [-0.4, -0.2) is 162 Å². The summed E-state index contributed by atoms with van der Waals surface area (Å²) in [7, 11) is 0. The Morgan fingerprint density at radius 1 is 0.896 bits per heavy atom. The van der Waals surface area contributed by atoms with Crippen molar-refractivity contribution in [3.05, 3.63) is 64.2 Å². The Labute approximate surface area is 454 Å². The molecule has 0 aliphatic carbocycles. The molecule has 2 aromatic carbocycles. The topological polar surface area (TPSA) is 284 Å². The number of carbonyl (C=O) groups excluding carboxylic acids is 6. The Morgan fingerprint density at radius 3 is 2.29 bits per heavy atom. The Balaban J connectivity index is 0.696. The van der Waals surface area contributed by atoms with E-state index in [0.717, 1.165) is 17.5 Å². The summed E-state index contributed by atoms with van der Waals surface area (Å²) in [5.74, 6) is -0.716. The summed E-state index contributed by atoms with van der Waals surface area (Å²) in [6, 6.07) is 9.47. The van der Waals surface area contributed by atoms with E-state index in [9.17, 15) is 33.6 Å². The second-order valence-corrected chi connectivity index (χ2v) is 21.9. The van der Waals surface area contributed by atoms with E-state index in [-0.39, 0.29) is 104 Å². The molecule has 0 radical (unpaired) electrons. The van der Waals surface area contributed by atoms with Crippen LogP contribution in [0.2, 0.25) is 5.02 Å². The van der Waals surface area contributed by atoms with Gasteiger partial charge in [-0.1, -0.05) is 41.6 Å². The molecule has 3 atom stereocenters. The van der Waals surface area contributed by atoms with E-state index >= 15 is 0 Å². The van der Waals surface area contributed by atoms with Crippen LogP contribution >= 0.6 is 23.4 Å². The Morgan fingerprint density at radius 2 is 1.58 bits per heavy atom. The van der Waals surface area contributed by atoms with Crippen LogP contribution in [0, 0.1) is 5.41 Å². The van der Waals surface area contributed by atoms with Crippen molar-refractivity contribution in [1.29, 1.82) is 0 Å². The average Bonchev–Trinajstić information content (AvgIpc) is 3.72. The first-order valence-corrected chi connectivity index (χ1v) is 27.1. The molecule has 23 nitrogen and oxygen atoms in total. The van der Waals surface area contributed by atoms with Crippen LogP contribution in [0.5, 0.6) is 0 Å². The molecular formula is C52H67ClN12O11S. The first kappa shape index (κ1) is 56.6. The fraction of sp³-hybridized carbons (Fsp3) is 0.538. The third kappa shape index (κ3) is 14.3. The lowest BCUT2D eigenvalue weighted by atomic mass is 9.73. The van der Waals surface area contributed by atoms with Gasteiger partial charge in [0.15, 0.2) is 5.82 Å². The number of aromatic nitrogens is 4. The monoisotopic (exact) mass is 1100 g/mol. The van der Waals surface area contributed by atoms with Crippen LogP contribution in [0.3, 0.4) is 0 Å². The number of nitrogens with two attached hydrogens (primary N) is 1. The van der Waals surface area contributed by atoms with Crippen LogP contribution in [0.15, 0.2) is 63.5 Å². The number of hydrogen-bond acceptors (Lipinski definition) is 18. The van der Waals surface area contributed by atoms with E-state index in [0.29, 0.717) is 96.9 Å². The van der Waals surface area contributed by atoms with Gasteiger partial charge in [-0.2, -0.15) is 5.10 Å². The zero-order valence-corrected chi connectivity index (χ0v) is 45.3. The molecule has 25 heteroatoms. The van der Waals surface area contributed by atoms with E-state index in [2.05, 4.69) is 41.2 Å². The minimum atomic E-state index is -0.869. The van der Waals surface area contributed by atoms with Crippen molar-refractivity contribution in [2.45, 2.75) is 106 Å². The Bertz CT molecular complexity index is 2890. The third-order valence-corrected chi connectivity index (χ3v) is 15.6. The first-order chi connectivity index (χ1) is 36.9. The molecule has 0 bridgehead atoms. The number of fused-ring (bicyclic) bond motifs is 1. The van der Waals surface area contributed by atoms with Gasteiger partial charge in [-0.3, -0.25) is 34.1 Å². The predicted molar refractivity (Wildman–Crippen MR) is 288 cm³/mol. The molecule has 6 amide bonds. The molecule has 4 saturated heterocycles. The highest BCUT2D eigenvalue weighted by Crippen LogP contribution is 2.44. The lowest BCUT2D eigenvalue weighted by molar-refractivity contribution is -0.140. The molecule has 0 saturated carbocycles. The number of rotatable bonds is 19. The molecule has 1 unspecified atom stereocenters. The standard InChI is InChI=1S/C52H67ClN12O11S/c1-32-45(61-50(72)76-51(2,3)4)52(31-75-32)16-19-62(20-17-52)38-30-56-48(46(54)59-38)77-37-10-6-9-35(44(37)53)58-39(66)13-14-41(68)63-21-23-64(24-22-63)42(69)15-25-73-27-28-74-26-18-55-34-8-5-7-33-29-57-65(49(71)43(33)34)36-11-12-40(67)60-47(36)70/h5-10,29-30,32,36,45,55H,11-28,31H2,1-4H3,(H2,54,59)(H,58,66)(H,61,72)(H,60,67,70)/t32-,36?,45+/m1/s1. The summed E-state index contributed by atoms with van der Waals surface area (Å²) in [6.45, 7) is 12.2. The summed E-state index contributed by atoms with van der Waals surface area (Å²) in [5.41, 5.74) is 6.11. The van der Waals surface area contributed by atoms with Crippen molar-refractivity contribution < 1.29 is 47.7 Å². The van der Waals surface area contributed by atoms with Gasteiger partial charge in [-0.25, -0.2) is 19.4 Å². The molecule has 414 valence electrons. The maximum absolute atomic E-state index is 13.4. The number of carbonyl (C=O) groups is 6. The number of nitrogens with zero attached hydrogens (tertiary/aromatic N) is 7. The Hall–Kier alpha value is -6.60. The van der Waals surface area contributed by atoms with E-state index in [1.165, 1.54) is 18.0 Å². The first-order valence-electron chi connectivity index (χ1n) is 25.9. The fourth-order valence-electron chi connectivity index (χ4n) is 9.91. The number of amides is 6. The molecular weight excluding hydrogens is 1040 g/mol. The van der Waals surface area contributed by atoms with Gasteiger partial charge in [0.05, 0.1) is 80.1 Å². The largest absolute Gasteiger partial charge is 0.444 e. The molecule has 2 aromatic heterocycles. The summed E-state index contributed by atoms with van der Waals surface area (Å²) >= 11 is 8.01. The van der Waals surface area contributed by atoms with Gasteiger partial charge in [0, 0.05) is 86.5 Å². The predicted octanol–water partition coefficient (Wildman–Crippen LogP) is 4.37. The number of nitrogen functional groups attached to an aromatic ring is 1. The lowest BCUT2D eigenvalue weighted by Crippen LogP contribution is -2.55. The van der Waals surface area contributed by atoms with E-state index < -0.39 is 29.2 Å². The smallest absolute Gasteiger partial charge is 0.407 e. The molecule has 4 aliphatic rings. The number of imide groups is 1. The summed E-state index contributed by atoms with van der Waals surface area (Å²) in [5, 5.41) is 17.3. The van der Waals surface area contributed by atoms with Crippen molar-refractivity contribution in [2.75, 3.05) is 100 Å². The van der Waals surface area contributed by atoms with E-state index in [4.69, 9.17) is 36.3 Å². The zero-order chi connectivity index (χ0) is 54.9. The summed E-state index contributed by atoms with van der Waals surface area (Å²) < 4.78 is 24.0. The number of alkyl carbamates (subject to hydrolysis) is 1. The lowest BCUT2D eigenvalue weighted by Gasteiger charge is -2.43. The zero-order valence-electron chi connectivity index (χ0n) is 43.8. The third-order valence-electron chi connectivity index (χ3n) is 14.0. The highest BCUT2D eigenvalue weighted by Gasteiger charge is 2.50. The molecule has 4 fully saturated rings. The number of piperazine rings is 1. The van der Waals surface area contributed by atoms with Gasteiger partial charge in [0.1, 0.15) is 22.5 Å². The van der Waals surface area contributed by atoms with Gasteiger partial charge in [0.25, 0.3) is 11.5 Å². The van der Waals surface area contributed by atoms with E-state index in [1.807, 2.05) is 27.7 Å². The molecule has 4 aromatic rings. The molecule has 8 rings (SSSR count). The highest BCUT2D eigenvalue weighted by atomic mass is 35.5. The minimum absolute atomic E-state index is 0.0147. The van der Waals surface area contributed by atoms with Crippen molar-refractivity contribution in [2.24, 2.45) is 5.41 Å². The van der Waals surface area contributed by atoms with Crippen molar-refractivity contribution in [1.82, 2.24) is 40.2 Å². The molecule has 4 aliphatic heterocycles. The number of benzene rings is 2. The van der Waals surface area contributed by atoms with Crippen LogP contribution in [0.25, 0.3) is 10.8 Å². The number of piperidine rings is 2. The number of nitrogens with one attached hydrogen (secondary N) is 4. The van der Waals surface area contributed by atoms with Gasteiger partial charge >= 0.3 is 6.09 Å². The second kappa shape index (κ2) is 25.2. The van der Waals surface area contributed by atoms with E-state index in [1.54, 1.807) is 52.4 Å². The van der Waals surface area contributed by atoms with Gasteiger partial charge in [0.2, 0.25) is 23.6 Å². The highest BCUT2D eigenvalue weighted by molar-refractivity contribution is 7.99. The molecule has 6 heterocycles. The van der Waals surface area contributed by atoms with Gasteiger partial charge < -0.3 is 55.3 Å². The maximum Gasteiger partial charge on any atom is 0.407 e. The Kier molecular flexibility index (Phi) is 18.6. The minimum Gasteiger partial charge on any atom is -0.444 e. The van der Waals surface area contributed by atoms with Crippen molar-refractivity contribution in [3.63, 3.8) is 0 Å². The number of ether oxygens (including phenoxy) is 4. The van der Waals surface area contributed by atoms with Crippen LogP contribution in [-0.2, 0) is 42.9 Å². The summed E-state index contributed by atoms with van der Waals surface area (Å²) in [4.78, 5) is 105. The number of halogens is 1. The summed E-state index contributed by atoms with van der Waals surface area (Å²) in [6.07, 6.45) is 4.54. The number of hydrogen-bond donors (Lipinski definition) is 5. The fourth-order valence-corrected chi connectivity index (χ4v) is 11.0. The SMILES string of the molecule is C[C@H]1OCC2(CCN(c3cnc(Sc4cccc(NC(=O)CCC(=O)N5CCN(C(=O)CCOCCOCCNc6cccc7cnn(C8CCC(=O)NC8=O)c(=O)c67)CC5)c4Cl)c(N)n3)CC2)[C@H]1NC(=O)OC(C)(C)C. The van der Waals surface area contributed by atoms with Gasteiger partial charge in [-0.15, -0.1) is 0 Å². The average molecular weight is 1100 g/mol. The quantitative estimate of drug-likeness (QED) is 0.0643. The van der Waals surface area contributed by atoms with Crippen molar-refractivity contribution >= 4 is 92.8 Å². The molecule has 6 N–H and O–H groups in total. The van der Waals surface area contributed by atoms with Crippen LogP contribution in [0.1, 0.15) is 78.7 Å².